The number of nitrogens with zero attached hydrogens (tertiary/aromatic N) is 2. The van der Waals surface area contributed by atoms with Gasteiger partial charge in [-0.3, -0.25) is 14.7 Å². The van der Waals surface area contributed by atoms with Crippen LogP contribution >= 0.6 is 24.0 Å². The van der Waals surface area contributed by atoms with Crippen LogP contribution in [-0.2, 0) is 9.59 Å². The largest absolute Gasteiger partial charge is 0.480 e. The lowest BCUT2D eigenvalue weighted by atomic mass is 10.0. The fourth-order valence-electron chi connectivity index (χ4n) is 2.80. The highest BCUT2D eigenvalue weighted by molar-refractivity contribution is 8.26. The number of pyridine rings is 1. The number of thiocarbonyl (C=S) groups is 1. The molecule has 128 valence electrons. The Morgan fingerprint density at radius 3 is 2.72 bits per heavy atom. The summed E-state index contributed by atoms with van der Waals surface area (Å²) in [6.07, 6.45) is 3.44. The van der Waals surface area contributed by atoms with E-state index in [2.05, 4.69) is 4.98 Å². The highest BCUT2D eigenvalue weighted by Crippen LogP contribution is 2.36. The third kappa shape index (κ3) is 3.29. The Bertz CT molecular complexity index is 903. The Labute approximate surface area is 154 Å². The van der Waals surface area contributed by atoms with Crippen LogP contribution in [0.25, 0.3) is 17.0 Å². The lowest BCUT2D eigenvalue weighted by molar-refractivity contribution is -0.146. The molecule has 1 fully saturated rings. The van der Waals surface area contributed by atoms with Gasteiger partial charge in [-0.05, 0) is 29.7 Å². The van der Waals surface area contributed by atoms with Crippen molar-refractivity contribution in [1.29, 1.82) is 0 Å². The molecule has 7 heteroatoms. The van der Waals surface area contributed by atoms with E-state index in [9.17, 15) is 14.7 Å². The Morgan fingerprint density at radius 2 is 2.04 bits per heavy atom. The number of benzene rings is 1. The fourth-order valence-corrected chi connectivity index (χ4v) is 4.12. The number of amides is 1. The molecule has 5 nitrogen and oxygen atoms in total. The second-order valence-electron chi connectivity index (χ2n) is 6.00. The van der Waals surface area contributed by atoms with E-state index in [0.717, 1.165) is 28.2 Å². The highest BCUT2D eigenvalue weighted by atomic mass is 32.2. The summed E-state index contributed by atoms with van der Waals surface area (Å²) < 4.78 is 0.274. The molecule has 1 unspecified atom stereocenters. The van der Waals surface area contributed by atoms with Crippen LogP contribution in [0.5, 0.6) is 0 Å². The van der Waals surface area contributed by atoms with Crippen LogP contribution in [0.15, 0.2) is 41.4 Å². The number of aromatic nitrogens is 1. The smallest absolute Gasteiger partial charge is 0.327 e. The van der Waals surface area contributed by atoms with E-state index in [1.165, 1.54) is 4.90 Å². The number of fused-ring (bicyclic) bond motifs is 1. The van der Waals surface area contributed by atoms with E-state index < -0.39 is 12.0 Å². The van der Waals surface area contributed by atoms with Crippen molar-refractivity contribution in [2.24, 2.45) is 5.92 Å². The first-order valence-electron chi connectivity index (χ1n) is 7.73. The number of carboxylic acids is 1. The average molecular weight is 372 g/mol. The Kier molecular flexibility index (Phi) is 4.87. The van der Waals surface area contributed by atoms with E-state index >= 15 is 0 Å². The maximum atomic E-state index is 12.8. The molecular weight excluding hydrogens is 356 g/mol. The molecule has 1 atom stereocenters. The summed E-state index contributed by atoms with van der Waals surface area (Å²) >= 11 is 6.41. The first kappa shape index (κ1) is 17.6. The van der Waals surface area contributed by atoms with Crippen molar-refractivity contribution in [1.82, 2.24) is 9.88 Å². The van der Waals surface area contributed by atoms with Gasteiger partial charge in [-0.25, -0.2) is 4.79 Å². The minimum atomic E-state index is -1.05. The summed E-state index contributed by atoms with van der Waals surface area (Å²) in [7, 11) is 0. The second kappa shape index (κ2) is 6.93. The van der Waals surface area contributed by atoms with Gasteiger partial charge in [-0.15, -0.1) is 0 Å². The van der Waals surface area contributed by atoms with Gasteiger partial charge in [0, 0.05) is 11.6 Å². The Morgan fingerprint density at radius 1 is 1.32 bits per heavy atom. The number of carbonyl (C=O) groups excluding carboxylic acids is 1. The van der Waals surface area contributed by atoms with Gasteiger partial charge in [0.05, 0.1) is 10.4 Å². The third-order valence-corrected chi connectivity index (χ3v) is 5.29. The summed E-state index contributed by atoms with van der Waals surface area (Å²) in [6, 6.07) is 8.50. The van der Waals surface area contributed by atoms with Gasteiger partial charge in [0.15, 0.2) is 0 Å². The SMILES string of the molecule is CC(C)C(C(=O)O)N1C(=O)C(=Cc2ccnc3ccccc23)SC1=S. The molecule has 0 aliphatic carbocycles. The number of para-hydroxylation sites is 1. The fraction of sp³-hybridized carbons (Fsp3) is 0.222. The molecule has 0 spiro atoms. The first-order valence-corrected chi connectivity index (χ1v) is 8.96. The Hall–Kier alpha value is -2.25. The number of thioether (sulfide) groups is 1. The number of carboxylic acid groups (broad SMARTS) is 1. The Balaban J connectivity index is 2.02. The van der Waals surface area contributed by atoms with E-state index in [1.54, 1.807) is 26.1 Å². The quantitative estimate of drug-likeness (QED) is 0.654. The van der Waals surface area contributed by atoms with Gasteiger partial charge < -0.3 is 5.11 Å². The molecule has 25 heavy (non-hydrogen) atoms. The zero-order valence-electron chi connectivity index (χ0n) is 13.7. The van der Waals surface area contributed by atoms with Crippen LogP contribution in [0.2, 0.25) is 0 Å². The predicted octanol–water partition coefficient (Wildman–Crippen LogP) is 3.55. The van der Waals surface area contributed by atoms with Crippen molar-refractivity contribution in [3.05, 3.63) is 47.0 Å². The van der Waals surface area contributed by atoms with Crippen LogP contribution in [0.1, 0.15) is 19.4 Å². The van der Waals surface area contributed by atoms with Crippen molar-refractivity contribution in [3.63, 3.8) is 0 Å². The second-order valence-corrected chi connectivity index (χ2v) is 7.67. The molecule has 2 aromatic rings. The molecule has 0 saturated carbocycles. The van der Waals surface area contributed by atoms with Gasteiger partial charge in [0.1, 0.15) is 10.4 Å². The summed E-state index contributed by atoms with van der Waals surface area (Å²) in [5, 5.41) is 10.4. The van der Waals surface area contributed by atoms with Crippen molar-refractivity contribution < 1.29 is 14.7 Å². The van der Waals surface area contributed by atoms with Crippen LogP contribution in [-0.4, -0.2) is 37.2 Å². The van der Waals surface area contributed by atoms with Gasteiger partial charge in [0.25, 0.3) is 5.91 Å². The molecule has 1 aromatic heterocycles. The van der Waals surface area contributed by atoms with Gasteiger partial charge in [-0.2, -0.15) is 0 Å². The zero-order chi connectivity index (χ0) is 18.1. The van der Waals surface area contributed by atoms with Crippen LogP contribution in [0.3, 0.4) is 0 Å². The van der Waals surface area contributed by atoms with Crippen molar-refractivity contribution in [2.45, 2.75) is 19.9 Å². The monoisotopic (exact) mass is 372 g/mol. The normalized spacial score (nSPS) is 17.7. The summed E-state index contributed by atoms with van der Waals surface area (Å²) in [6.45, 7) is 3.52. The maximum absolute atomic E-state index is 12.8. The molecule has 0 radical (unpaired) electrons. The first-order chi connectivity index (χ1) is 11.9. The summed E-state index contributed by atoms with van der Waals surface area (Å²) in [5.41, 5.74) is 1.68. The van der Waals surface area contributed by atoms with E-state index in [1.807, 2.05) is 30.3 Å². The maximum Gasteiger partial charge on any atom is 0.327 e. The molecule has 1 aliphatic rings. The van der Waals surface area contributed by atoms with Crippen LogP contribution in [0.4, 0.5) is 0 Å². The molecule has 1 aliphatic heterocycles. The number of carbonyl (C=O) groups is 2. The minimum Gasteiger partial charge on any atom is -0.480 e. The van der Waals surface area contributed by atoms with E-state index in [4.69, 9.17) is 12.2 Å². The van der Waals surface area contributed by atoms with E-state index in [-0.39, 0.29) is 16.1 Å². The average Bonchev–Trinajstić information content (AvgIpc) is 2.83. The zero-order valence-corrected chi connectivity index (χ0v) is 15.3. The molecule has 1 amide bonds. The molecule has 3 rings (SSSR count). The molecule has 1 saturated heterocycles. The van der Waals surface area contributed by atoms with Gasteiger partial charge in [0.2, 0.25) is 0 Å². The predicted molar refractivity (Wildman–Crippen MR) is 103 cm³/mol. The number of rotatable bonds is 4. The van der Waals surface area contributed by atoms with Gasteiger partial charge >= 0.3 is 5.97 Å². The molecule has 0 bridgehead atoms. The topological polar surface area (TPSA) is 70.5 Å². The van der Waals surface area contributed by atoms with Gasteiger partial charge in [-0.1, -0.05) is 56.0 Å². The molecule has 2 heterocycles. The standard InChI is InChI=1S/C18H16N2O3S2/c1-10(2)15(17(22)23)20-16(21)14(25-18(20)24)9-11-7-8-19-13-6-4-3-5-12(11)13/h3-10,15H,1-2H3,(H,22,23). The number of hydrogen-bond acceptors (Lipinski definition) is 5. The summed E-state index contributed by atoms with van der Waals surface area (Å²) in [5.74, 6) is -1.67. The lowest BCUT2D eigenvalue weighted by Crippen LogP contribution is -2.47. The molecular formula is C18H16N2O3S2. The van der Waals surface area contributed by atoms with Crippen molar-refractivity contribution in [2.75, 3.05) is 0 Å². The lowest BCUT2D eigenvalue weighted by Gasteiger charge is -2.26. The minimum absolute atomic E-state index is 0.249. The van der Waals surface area contributed by atoms with Crippen LogP contribution in [0, 0.1) is 5.92 Å². The van der Waals surface area contributed by atoms with E-state index in [0.29, 0.717) is 4.91 Å². The summed E-state index contributed by atoms with van der Waals surface area (Å²) in [4.78, 5) is 30.3. The number of hydrogen-bond donors (Lipinski definition) is 1. The molecule has 1 N–H and O–H groups in total. The third-order valence-electron chi connectivity index (χ3n) is 3.96. The molecule has 1 aromatic carbocycles. The number of aliphatic carboxylic acids is 1. The van der Waals surface area contributed by atoms with Crippen molar-refractivity contribution >= 4 is 57.2 Å². The highest BCUT2D eigenvalue weighted by Gasteiger charge is 2.41. The van der Waals surface area contributed by atoms with Crippen molar-refractivity contribution in [3.8, 4) is 0 Å². The van der Waals surface area contributed by atoms with Crippen LogP contribution < -0.4 is 0 Å².